The molecule has 3 rings (SSSR count). The van der Waals surface area contributed by atoms with E-state index in [1.807, 2.05) is 19.3 Å². The van der Waals surface area contributed by atoms with Crippen LogP contribution in [0.3, 0.4) is 0 Å². The Morgan fingerprint density at radius 3 is 2.94 bits per heavy atom. The predicted octanol–water partition coefficient (Wildman–Crippen LogP) is 2.15. The summed E-state index contributed by atoms with van der Waals surface area (Å²) in [5.41, 5.74) is 9.11. The third kappa shape index (κ3) is 1.20. The number of rotatable bonds is 1. The number of fused-ring (bicyclic) bond motifs is 1. The number of aromatic amines is 1. The zero-order valence-corrected chi connectivity index (χ0v) is 8.94. The number of aromatic nitrogens is 3. The largest absolute Gasteiger partial charge is 0.383 e. The minimum Gasteiger partial charge on any atom is -0.383 e. The summed E-state index contributed by atoms with van der Waals surface area (Å²) in [7, 11) is 1.84. The molecule has 0 radical (unpaired) electrons. The van der Waals surface area contributed by atoms with Crippen molar-refractivity contribution in [2.45, 2.75) is 0 Å². The van der Waals surface area contributed by atoms with Gasteiger partial charge in [0.05, 0.1) is 6.20 Å². The first-order chi connectivity index (χ1) is 7.75. The second kappa shape index (κ2) is 3.13. The first-order valence-electron chi connectivity index (χ1n) is 5.11. The van der Waals surface area contributed by atoms with Gasteiger partial charge >= 0.3 is 0 Å². The number of H-pyrrole nitrogens is 1. The van der Waals surface area contributed by atoms with Crippen molar-refractivity contribution in [3.63, 3.8) is 0 Å². The van der Waals surface area contributed by atoms with Crippen molar-refractivity contribution in [3.8, 4) is 11.1 Å². The summed E-state index contributed by atoms with van der Waals surface area (Å²) in [6.45, 7) is 0. The SMILES string of the molecule is Cn1ncc(-c2ccc3cc[nH]c3c2)c1N. The maximum atomic E-state index is 5.94. The average molecular weight is 212 g/mol. The Balaban J connectivity index is 2.21. The van der Waals surface area contributed by atoms with Crippen molar-refractivity contribution >= 4 is 16.7 Å². The van der Waals surface area contributed by atoms with Crippen LogP contribution < -0.4 is 5.73 Å². The topological polar surface area (TPSA) is 59.6 Å². The van der Waals surface area contributed by atoms with E-state index in [1.54, 1.807) is 10.9 Å². The van der Waals surface area contributed by atoms with Gasteiger partial charge in [-0.2, -0.15) is 5.10 Å². The quantitative estimate of drug-likeness (QED) is 0.649. The Labute approximate surface area is 92.7 Å². The highest BCUT2D eigenvalue weighted by Gasteiger charge is 2.07. The van der Waals surface area contributed by atoms with E-state index in [4.69, 9.17) is 5.73 Å². The third-order valence-electron chi connectivity index (χ3n) is 2.85. The lowest BCUT2D eigenvalue weighted by molar-refractivity contribution is 0.779. The molecule has 0 aliphatic carbocycles. The van der Waals surface area contributed by atoms with Gasteiger partial charge in [0.2, 0.25) is 0 Å². The molecule has 0 spiro atoms. The van der Waals surface area contributed by atoms with Crippen molar-refractivity contribution in [1.29, 1.82) is 0 Å². The van der Waals surface area contributed by atoms with Gasteiger partial charge in [0.1, 0.15) is 5.82 Å². The molecule has 0 unspecified atom stereocenters. The summed E-state index contributed by atoms with van der Waals surface area (Å²) in [6, 6.07) is 8.27. The zero-order valence-electron chi connectivity index (χ0n) is 8.94. The fourth-order valence-electron chi connectivity index (χ4n) is 1.88. The first-order valence-corrected chi connectivity index (χ1v) is 5.11. The molecule has 2 aromatic heterocycles. The molecule has 3 N–H and O–H groups in total. The fourth-order valence-corrected chi connectivity index (χ4v) is 1.88. The zero-order chi connectivity index (χ0) is 11.1. The molecule has 3 aromatic rings. The molecule has 0 aliphatic heterocycles. The van der Waals surface area contributed by atoms with Crippen molar-refractivity contribution < 1.29 is 0 Å². The van der Waals surface area contributed by atoms with Crippen molar-refractivity contribution in [2.75, 3.05) is 5.73 Å². The molecule has 1 aromatic carbocycles. The van der Waals surface area contributed by atoms with Gasteiger partial charge in [-0.1, -0.05) is 12.1 Å². The summed E-state index contributed by atoms with van der Waals surface area (Å²) in [4.78, 5) is 3.19. The van der Waals surface area contributed by atoms with E-state index in [0.717, 1.165) is 16.6 Å². The van der Waals surface area contributed by atoms with Crippen LogP contribution in [0, 0.1) is 0 Å². The summed E-state index contributed by atoms with van der Waals surface area (Å²) in [5, 5.41) is 5.34. The highest BCUT2D eigenvalue weighted by Crippen LogP contribution is 2.27. The Morgan fingerprint density at radius 2 is 2.19 bits per heavy atom. The second-order valence-electron chi connectivity index (χ2n) is 3.85. The molecular weight excluding hydrogens is 200 g/mol. The highest BCUT2D eigenvalue weighted by molar-refractivity contribution is 5.86. The van der Waals surface area contributed by atoms with Gasteiger partial charge in [-0.05, 0) is 23.1 Å². The van der Waals surface area contributed by atoms with Crippen LogP contribution in [0.25, 0.3) is 22.0 Å². The van der Waals surface area contributed by atoms with E-state index in [1.165, 1.54) is 5.39 Å². The first kappa shape index (κ1) is 9.03. The summed E-state index contributed by atoms with van der Waals surface area (Å²) in [5.74, 6) is 0.686. The standard InChI is InChI=1S/C12H12N4/c1-16-12(13)10(7-15-16)9-3-2-8-4-5-14-11(8)6-9/h2-7,14H,13H2,1H3. The van der Waals surface area contributed by atoms with E-state index in [2.05, 4.69) is 28.3 Å². The normalized spacial score (nSPS) is 11.1. The maximum absolute atomic E-state index is 5.94. The molecule has 2 heterocycles. The molecule has 0 fully saturated rings. The van der Waals surface area contributed by atoms with Crippen LogP contribution in [-0.4, -0.2) is 14.8 Å². The van der Waals surface area contributed by atoms with Gasteiger partial charge in [-0.15, -0.1) is 0 Å². The number of anilines is 1. The third-order valence-corrected chi connectivity index (χ3v) is 2.85. The van der Waals surface area contributed by atoms with Crippen molar-refractivity contribution in [2.24, 2.45) is 7.05 Å². The number of nitrogens with two attached hydrogens (primary N) is 1. The van der Waals surface area contributed by atoms with Crippen LogP contribution in [-0.2, 0) is 7.05 Å². The van der Waals surface area contributed by atoms with Gasteiger partial charge in [0, 0.05) is 24.3 Å². The molecule has 0 aliphatic rings. The minimum atomic E-state index is 0.686. The van der Waals surface area contributed by atoms with Gasteiger partial charge in [-0.25, -0.2) is 0 Å². The Morgan fingerprint density at radius 1 is 1.31 bits per heavy atom. The summed E-state index contributed by atoms with van der Waals surface area (Å²) in [6.07, 6.45) is 3.72. The smallest absolute Gasteiger partial charge is 0.129 e. The van der Waals surface area contributed by atoms with E-state index >= 15 is 0 Å². The van der Waals surface area contributed by atoms with Gasteiger partial charge < -0.3 is 10.7 Å². The minimum absolute atomic E-state index is 0.686. The van der Waals surface area contributed by atoms with Crippen molar-refractivity contribution in [1.82, 2.24) is 14.8 Å². The van der Waals surface area contributed by atoms with E-state index in [9.17, 15) is 0 Å². The highest BCUT2D eigenvalue weighted by atomic mass is 15.3. The molecule has 0 bridgehead atoms. The molecule has 80 valence electrons. The van der Waals surface area contributed by atoms with E-state index < -0.39 is 0 Å². The molecular formula is C12H12N4. The van der Waals surface area contributed by atoms with E-state index in [-0.39, 0.29) is 0 Å². The molecule has 0 saturated heterocycles. The molecule has 4 heteroatoms. The molecule has 4 nitrogen and oxygen atoms in total. The predicted molar refractivity (Wildman–Crippen MR) is 64.9 cm³/mol. The van der Waals surface area contributed by atoms with Crippen LogP contribution in [0.1, 0.15) is 0 Å². The Bertz CT molecular complexity index is 648. The molecule has 0 amide bonds. The Kier molecular flexibility index (Phi) is 1.77. The number of nitrogens with one attached hydrogen (secondary N) is 1. The molecule has 16 heavy (non-hydrogen) atoms. The molecule has 0 atom stereocenters. The lowest BCUT2D eigenvalue weighted by Crippen LogP contribution is -1.97. The number of nitrogen functional groups attached to an aromatic ring is 1. The number of nitrogens with zero attached hydrogens (tertiary/aromatic N) is 2. The summed E-state index contributed by atoms with van der Waals surface area (Å²) < 4.78 is 1.67. The van der Waals surface area contributed by atoms with E-state index in [0.29, 0.717) is 5.82 Å². The van der Waals surface area contributed by atoms with Crippen LogP contribution in [0.15, 0.2) is 36.7 Å². The number of hydrogen-bond acceptors (Lipinski definition) is 2. The van der Waals surface area contributed by atoms with Crippen LogP contribution in [0.2, 0.25) is 0 Å². The lowest BCUT2D eigenvalue weighted by atomic mass is 10.1. The molecule has 0 saturated carbocycles. The van der Waals surface area contributed by atoms with Gasteiger partial charge in [0.15, 0.2) is 0 Å². The van der Waals surface area contributed by atoms with Crippen LogP contribution in [0.5, 0.6) is 0 Å². The number of benzene rings is 1. The van der Waals surface area contributed by atoms with Crippen molar-refractivity contribution in [3.05, 3.63) is 36.7 Å². The Hall–Kier alpha value is -2.23. The van der Waals surface area contributed by atoms with Gasteiger partial charge in [0.25, 0.3) is 0 Å². The number of hydrogen-bond donors (Lipinski definition) is 2. The van der Waals surface area contributed by atoms with Crippen LogP contribution >= 0.6 is 0 Å². The number of aryl methyl sites for hydroxylation is 1. The maximum Gasteiger partial charge on any atom is 0.129 e. The monoisotopic (exact) mass is 212 g/mol. The second-order valence-corrected chi connectivity index (χ2v) is 3.85. The summed E-state index contributed by atoms with van der Waals surface area (Å²) >= 11 is 0. The van der Waals surface area contributed by atoms with Gasteiger partial charge in [-0.3, -0.25) is 4.68 Å². The average Bonchev–Trinajstić information content (AvgIpc) is 2.86. The van der Waals surface area contributed by atoms with Crippen LogP contribution in [0.4, 0.5) is 5.82 Å². The lowest BCUT2D eigenvalue weighted by Gasteiger charge is -2.01. The fraction of sp³-hybridized carbons (Fsp3) is 0.0833.